The first-order valence-electron chi connectivity index (χ1n) is 4.23. The number of hydrogen-bond acceptors (Lipinski definition) is 7. The van der Waals surface area contributed by atoms with Gasteiger partial charge in [-0.25, -0.2) is 0 Å². The Hall–Kier alpha value is -3.56. The van der Waals surface area contributed by atoms with Gasteiger partial charge in [0.2, 0.25) is 5.75 Å². The highest BCUT2D eigenvalue weighted by molar-refractivity contribution is 5.83. The molecule has 0 spiro atoms. The van der Waals surface area contributed by atoms with Gasteiger partial charge in [-0.1, -0.05) is 10.2 Å². The molecule has 1 rings (SSSR count). The van der Waals surface area contributed by atoms with Crippen molar-refractivity contribution >= 4 is 22.7 Å². The zero-order valence-electron chi connectivity index (χ0n) is 8.74. The van der Waals surface area contributed by atoms with E-state index < -0.39 is 38.3 Å². The first-order chi connectivity index (χ1) is 8.93. The number of nitrogens with zero attached hydrogens (tertiary/aromatic N) is 8. The molecule has 0 amide bonds. The lowest BCUT2D eigenvalue weighted by molar-refractivity contribution is -0.422. The predicted molar refractivity (Wildman–Crippen MR) is 59.0 cm³/mol. The molecule has 1 aromatic rings. The minimum atomic E-state index is -1.26. The van der Waals surface area contributed by atoms with E-state index in [2.05, 4.69) is 20.1 Å². The van der Waals surface area contributed by atoms with E-state index in [-0.39, 0.29) is 0 Å². The van der Waals surface area contributed by atoms with Gasteiger partial charge in [0.05, 0.1) is 15.5 Å². The van der Waals surface area contributed by atoms with Gasteiger partial charge in [-0.3, -0.25) is 20.2 Å². The molecule has 0 aliphatic heterocycles. The number of aromatic hydroxyl groups is 1. The van der Waals surface area contributed by atoms with E-state index in [0.29, 0.717) is 6.07 Å². The van der Waals surface area contributed by atoms with E-state index in [1.807, 2.05) is 0 Å². The predicted octanol–water partition coefficient (Wildman–Crippen LogP) is 3.09. The number of nitro benzene ring substituents is 2. The van der Waals surface area contributed by atoms with Crippen LogP contribution in [0.4, 0.5) is 22.7 Å². The van der Waals surface area contributed by atoms with E-state index in [1.54, 1.807) is 0 Å². The van der Waals surface area contributed by atoms with Crippen molar-refractivity contribution < 1.29 is 15.0 Å². The third-order valence-electron chi connectivity index (χ3n) is 1.87. The number of benzene rings is 1. The van der Waals surface area contributed by atoms with Gasteiger partial charge in [-0.05, 0) is 17.1 Å². The zero-order valence-corrected chi connectivity index (χ0v) is 8.74. The molecule has 0 saturated carbocycles. The van der Waals surface area contributed by atoms with Gasteiger partial charge in [0.25, 0.3) is 0 Å². The summed E-state index contributed by atoms with van der Waals surface area (Å²) in [6.07, 6.45) is 0. The maximum Gasteiger partial charge on any atom is 0.387 e. The van der Waals surface area contributed by atoms with Crippen LogP contribution in [0.1, 0.15) is 0 Å². The maximum atomic E-state index is 10.8. The summed E-state index contributed by atoms with van der Waals surface area (Å²) in [6, 6.07) is 0.592. The first kappa shape index (κ1) is 13.5. The maximum absolute atomic E-state index is 10.8. The molecule has 13 heteroatoms. The summed E-state index contributed by atoms with van der Waals surface area (Å²) in [5, 5.41) is 36.7. The zero-order chi connectivity index (χ0) is 14.6. The highest BCUT2D eigenvalue weighted by Gasteiger charge is 2.34. The average molecular weight is 266 g/mol. The van der Waals surface area contributed by atoms with Crippen LogP contribution < -0.4 is 0 Å². The van der Waals surface area contributed by atoms with Crippen LogP contribution in [0, 0.1) is 20.2 Å². The molecule has 1 N–H and O–H groups in total. The van der Waals surface area contributed by atoms with E-state index in [9.17, 15) is 25.3 Å². The van der Waals surface area contributed by atoms with Gasteiger partial charge >= 0.3 is 11.4 Å². The van der Waals surface area contributed by atoms with E-state index in [1.165, 1.54) is 0 Å². The van der Waals surface area contributed by atoms with Crippen LogP contribution >= 0.6 is 0 Å². The summed E-state index contributed by atoms with van der Waals surface area (Å²) in [7, 11) is 0. The van der Waals surface area contributed by atoms with Crippen LogP contribution in [0.2, 0.25) is 0 Å². The van der Waals surface area contributed by atoms with Crippen molar-refractivity contribution in [1.82, 2.24) is 0 Å². The van der Waals surface area contributed by atoms with Crippen LogP contribution in [-0.2, 0) is 0 Å². The van der Waals surface area contributed by atoms with Gasteiger partial charge in [-0.2, -0.15) is 0 Å². The first-order valence-corrected chi connectivity index (χ1v) is 4.23. The largest absolute Gasteiger partial charge is 0.502 e. The van der Waals surface area contributed by atoms with Crippen LogP contribution in [0.15, 0.2) is 16.3 Å². The second-order valence-corrected chi connectivity index (χ2v) is 2.85. The molecule has 96 valence electrons. The molecule has 0 heterocycles. The molecule has 0 bridgehead atoms. The molecule has 0 atom stereocenters. The Labute approximate surface area is 102 Å². The second-order valence-electron chi connectivity index (χ2n) is 2.85. The Morgan fingerprint density at radius 3 is 2.05 bits per heavy atom. The number of azide groups is 2. The molecule has 0 saturated heterocycles. The lowest BCUT2D eigenvalue weighted by Gasteiger charge is -2.03. The molecular formula is C6H2N8O5. The number of nitro groups is 2. The Morgan fingerprint density at radius 2 is 1.63 bits per heavy atom. The standard InChI is InChI=1S/C6H2N8O5/c7-11-9-2-1-3(15)5(13(16)17)6(14(18)19)4(2)10-12-8/h1,15H. The third kappa shape index (κ3) is 2.41. The summed E-state index contributed by atoms with van der Waals surface area (Å²) in [6.45, 7) is 0. The number of phenols is 1. The van der Waals surface area contributed by atoms with Gasteiger partial charge in [0.15, 0.2) is 0 Å². The number of phenolic OH excluding ortho intramolecular Hbond substituents is 1. The summed E-state index contributed by atoms with van der Waals surface area (Å²) in [5.74, 6) is -1.09. The second kappa shape index (κ2) is 5.18. The lowest BCUT2D eigenvalue weighted by atomic mass is 10.2. The van der Waals surface area contributed by atoms with E-state index in [4.69, 9.17) is 11.1 Å². The average Bonchev–Trinajstić information content (AvgIpc) is 2.31. The lowest BCUT2D eigenvalue weighted by Crippen LogP contribution is -1.97. The molecule has 0 fully saturated rings. The van der Waals surface area contributed by atoms with Crippen LogP contribution in [0.5, 0.6) is 5.75 Å². The summed E-state index contributed by atoms with van der Waals surface area (Å²) >= 11 is 0. The molecule has 0 unspecified atom stereocenters. The van der Waals surface area contributed by atoms with Crippen molar-refractivity contribution in [1.29, 1.82) is 0 Å². The fourth-order valence-electron chi connectivity index (χ4n) is 1.24. The Morgan fingerprint density at radius 1 is 1.11 bits per heavy atom. The van der Waals surface area contributed by atoms with Crippen molar-refractivity contribution in [2.45, 2.75) is 0 Å². The normalized spacial score (nSPS) is 9.05. The summed E-state index contributed by atoms with van der Waals surface area (Å²) in [4.78, 5) is 23.6. The monoisotopic (exact) mass is 266 g/mol. The van der Waals surface area contributed by atoms with Gasteiger partial charge in [0.1, 0.15) is 5.69 Å². The van der Waals surface area contributed by atoms with E-state index >= 15 is 0 Å². The smallest absolute Gasteiger partial charge is 0.387 e. The van der Waals surface area contributed by atoms with Crippen molar-refractivity contribution in [2.24, 2.45) is 10.2 Å². The highest BCUT2D eigenvalue weighted by Crippen LogP contribution is 2.48. The summed E-state index contributed by atoms with van der Waals surface area (Å²) in [5.41, 5.74) is 12.6. The van der Waals surface area contributed by atoms with Crippen molar-refractivity contribution in [3.05, 3.63) is 47.2 Å². The molecule has 13 nitrogen and oxygen atoms in total. The molecule has 0 aliphatic carbocycles. The van der Waals surface area contributed by atoms with E-state index in [0.717, 1.165) is 0 Å². The molecule has 1 aromatic carbocycles. The molecule has 0 aromatic heterocycles. The Bertz CT molecular complexity index is 671. The third-order valence-corrected chi connectivity index (χ3v) is 1.87. The molecule has 0 aliphatic rings. The Balaban J connectivity index is 3.96. The molecular weight excluding hydrogens is 264 g/mol. The van der Waals surface area contributed by atoms with Gasteiger partial charge in [0, 0.05) is 9.82 Å². The minimum Gasteiger partial charge on any atom is -0.502 e. The van der Waals surface area contributed by atoms with Crippen molar-refractivity contribution in [3.8, 4) is 5.75 Å². The quantitative estimate of drug-likeness (QED) is 0.285. The van der Waals surface area contributed by atoms with Crippen molar-refractivity contribution in [3.63, 3.8) is 0 Å². The topological polar surface area (TPSA) is 204 Å². The molecule has 19 heavy (non-hydrogen) atoms. The Kier molecular flexibility index (Phi) is 3.68. The molecule has 0 radical (unpaired) electrons. The summed E-state index contributed by atoms with van der Waals surface area (Å²) < 4.78 is 0. The fraction of sp³-hybridized carbons (Fsp3) is 0. The van der Waals surface area contributed by atoms with Gasteiger partial charge in [-0.15, -0.1) is 0 Å². The number of rotatable bonds is 4. The minimum absolute atomic E-state index is 0.592. The van der Waals surface area contributed by atoms with Crippen LogP contribution in [-0.4, -0.2) is 15.0 Å². The van der Waals surface area contributed by atoms with Crippen LogP contribution in [0.3, 0.4) is 0 Å². The number of hydrogen-bond donors (Lipinski definition) is 1. The SMILES string of the molecule is [N-]=[N+]=Nc1cc(O)c([N+](=O)[O-])c([N+](=O)[O-])c1N=[N+]=[N-]. The van der Waals surface area contributed by atoms with Crippen molar-refractivity contribution in [2.75, 3.05) is 0 Å². The van der Waals surface area contributed by atoms with Crippen LogP contribution in [0.25, 0.3) is 20.9 Å². The highest BCUT2D eigenvalue weighted by atomic mass is 16.6. The fourth-order valence-corrected chi connectivity index (χ4v) is 1.24. The van der Waals surface area contributed by atoms with Gasteiger partial charge < -0.3 is 5.11 Å².